The molecule has 0 aromatic heterocycles. The predicted octanol–water partition coefficient (Wildman–Crippen LogP) is 3.33. The van der Waals surface area contributed by atoms with Gasteiger partial charge in [-0.2, -0.15) is 0 Å². The van der Waals surface area contributed by atoms with Gasteiger partial charge in [-0.25, -0.2) is 0 Å². The van der Waals surface area contributed by atoms with Crippen molar-refractivity contribution in [3.63, 3.8) is 0 Å². The largest absolute Gasteiger partial charge is 0.300 e. The molecule has 0 aromatic rings. The summed E-state index contributed by atoms with van der Waals surface area (Å²) in [4.78, 5) is 11.3. The fraction of sp³-hybridized carbons (Fsp3) is 0.909. The van der Waals surface area contributed by atoms with Crippen LogP contribution >= 0.6 is 0 Å². The lowest BCUT2D eigenvalue weighted by atomic mass is 9.94. The molecule has 1 aliphatic carbocycles. The molecule has 0 N–H and O–H groups in total. The molecule has 1 nitrogen and oxygen atoms in total. The highest BCUT2D eigenvalue weighted by Gasteiger charge is 2.41. The minimum atomic E-state index is -1.03. The molecule has 1 saturated carbocycles. The zero-order valence-electron chi connectivity index (χ0n) is 9.55. The van der Waals surface area contributed by atoms with E-state index < -0.39 is 8.07 Å². The lowest BCUT2D eigenvalue weighted by Crippen LogP contribution is -2.31. The van der Waals surface area contributed by atoms with Crippen molar-refractivity contribution in [1.29, 1.82) is 0 Å². The molecule has 0 radical (unpaired) electrons. The van der Waals surface area contributed by atoms with Crippen LogP contribution in [0.4, 0.5) is 0 Å². The van der Waals surface area contributed by atoms with Crippen LogP contribution in [0.1, 0.15) is 26.7 Å². The van der Waals surface area contributed by atoms with Gasteiger partial charge < -0.3 is 0 Å². The highest BCUT2D eigenvalue weighted by Crippen LogP contribution is 2.46. The monoisotopic (exact) mass is 198 g/mol. The Morgan fingerprint density at radius 1 is 1.23 bits per heavy atom. The van der Waals surface area contributed by atoms with Gasteiger partial charge in [0.05, 0.1) is 0 Å². The van der Waals surface area contributed by atoms with Crippen LogP contribution < -0.4 is 0 Å². The van der Waals surface area contributed by atoms with Crippen LogP contribution in [0.2, 0.25) is 25.2 Å². The molecule has 1 fully saturated rings. The number of ketones is 1. The number of carbonyl (C=O) groups excluding carboxylic acids is 1. The normalized spacial score (nSPS) is 35.0. The van der Waals surface area contributed by atoms with Gasteiger partial charge in [0.1, 0.15) is 5.78 Å². The fourth-order valence-electron chi connectivity index (χ4n) is 2.96. The number of Topliss-reactive ketones (excluding diaryl/α,β-unsaturated/α-hetero) is 1. The van der Waals surface area contributed by atoms with E-state index in [-0.39, 0.29) is 0 Å². The Morgan fingerprint density at radius 3 is 2.00 bits per heavy atom. The summed E-state index contributed by atoms with van der Waals surface area (Å²) in [5, 5.41) is 0. The highest BCUT2D eigenvalue weighted by atomic mass is 28.3. The van der Waals surface area contributed by atoms with Gasteiger partial charge in [-0.1, -0.05) is 33.0 Å². The first-order valence-corrected chi connectivity index (χ1v) is 8.92. The molecule has 13 heavy (non-hydrogen) atoms. The van der Waals surface area contributed by atoms with Crippen molar-refractivity contribution in [2.24, 2.45) is 11.8 Å². The molecule has 3 atom stereocenters. The van der Waals surface area contributed by atoms with Gasteiger partial charge in [0.2, 0.25) is 0 Å². The van der Waals surface area contributed by atoms with Crippen molar-refractivity contribution in [3.05, 3.63) is 0 Å². The van der Waals surface area contributed by atoms with E-state index in [4.69, 9.17) is 0 Å². The zero-order valence-corrected chi connectivity index (χ0v) is 10.6. The van der Waals surface area contributed by atoms with Crippen molar-refractivity contribution < 1.29 is 4.79 Å². The van der Waals surface area contributed by atoms with Crippen LogP contribution in [-0.4, -0.2) is 13.9 Å². The van der Waals surface area contributed by atoms with E-state index in [0.29, 0.717) is 17.6 Å². The van der Waals surface area contributed by atoms with Crippen LogP contribution in [0.25, 0.3) is 0 Å². The van der Waals surface area contributed by atoms with Gasteiger partial charge >= 0.3 is 0 Å². The average molecular weight is 198 g/mol. The fourth-order valence-corrected chi connectivity index (χ4v) is 5.80. The molecule has 0 bridgehead atoms. The van der Waals surface area contributed by atoms with E-state index >= 15 is 0 Å². The Bertz CT molecular complexity index is 205. The molecule has 0 aromatic carbocycles. The van der Waals surface area contributed by atoms with Crippen molar-refractivity contribution in [1.82, 2.24) is 0 Å². The van der Waals surface area contributed by atoms with Crippen molar-refractivity contribution in [2.75, 3.05) is 0 Å². The average Bonchev–Trinajstić information content (AvgIpc) is 2.28. The third-order valence-electron chi connectivity index (χ3n) is 3.69. The standard InChI is InChI=1S/C11H22OSi/c1-8-10(9(2)12)6-7-11(8)13(3,4)5/h8,10-11H,6-7H2,1-5H3/t8-,10+,11-/m0/s1. The van der Waals surface area contributed by atoms with Gasteiger partial charge in [0, 0.05) is 14.0 Å². The second-order valence-corrected chi connectivity index (χ2v) is 11.1. The Kier molecular flexibility index (Phi) is 3.00. The van der Waals surface area contributed by atoms with Gasteiger partial charge in [0.25, 0.3) is 0 Å². The van der Waals surface area contributed by atoms with Gasteiger partial charge in [-0.15, -0.1) is 0 Å². The molecule has 0 heterocycles. The zero-order chi connectivity index (χ0) is 10.2. The minimum absolute atomic E-state index is 0.372. The highest BCUT2D eigenvalue weighted by molar-refractivity contribution is 6.77. The quantitative estimate of drug-likeness (QED) is 0.622. The third kappa shape index (κ3) is 2.22. The van der Waals surface area contributed by atoms with E-state index in [1.165, 1.54) is 6.42 Å². The van der Waals surface area contributed by atoms with Crippen molar-refractivity contribution in [3.8, 4) is 0 Å². The molecular weight excluding hydrogens is 176 g/mol. The summed E-state index contributed by atoms with van der Waals surface area (Å²) >= 11 is 0. The maximum atomic E-state index is 11.3. The van der Waals surface area contributed by atoms with Gasteiger partial charge in [0.15, 0.2) is 0 Å². The Labute approximate surface area is 82.9 Å². The second kappa shape index (κ2) is 3.56. The summed E-state index contributed by atoms with van der Waals surface area (Å²) in [6.45, 7) is 11.3. The van der Waals surface area contributed by atoms with Gasteiger partial charge in [-0.05, 0) is 24.8 Å². The molecule has 1 rings (SSSR count). The minimum Gasteiger partial charge on any atom is -0.300 e. The maximum absolute atomic E-state index is 11.3. The molecule has 2 heteroatoms. The Balaban J connectivity index is 2.71. The Morgan fingerprint density at radius 2 is 1.77 bits per heavy atom. The van der Waals surface area contributed by atoms with E-state index in [1.807, 2.05) is 0 Å². The van der Waals surface area contributed by atoms with Gasteiger partial charge in [-0.3, -0.25) is 4.79 Å². The van der Waals surface area contributed by atoms with E-state index in [9.17, 15) is 4.79 Å². The third-order valence-corrected chi connectivity index (χ3v) is 6.73. The first kappa shape index (κ1) is 11.0. The van der Waals surface area contributed by atoms with Crippen molar-refractivity contribution >= 4 is 13.9 Å². The summed E-state index contributed by atoms with van der Waals surface area (Å²) in [5.74, 6) is 1.43. The van der Waals surface area contributed by atoms with E-state index in [2.05, 4.69) is 26.6 Å². The predicted molar refractivity (Wildman–Crippen MR) is 59.7 cm³/mol. The smallest absolute Gasteiger partial charge is 0.133 e. The van der Waals surface area contributed by atoms with Crippen LogP contribution in [0.3, 0.4) is 0 Å². The first-order valence-electron chi connectivity index (χ1n) is 5.34. The maximum Gasteiger partial charge on any atom is 0.133 e. The van der Waals surface area contributed by atoms with Crippen LogP contribution in [0.15, 0.2) is 0 Å². The SMILES string of the molecule is CC(=O)[C@@H]1CC[C@H]([Si](C)(C)C)[C@H]1C. The van der Waals surface area contributed by atoms with Crippen molar-refractivity contribution in [2.45, 2.75) is 51.9 Å². The molecule has 76 valence electrons. The number of carbonyl (C=O) groups is 1. The molecule has 0 saturated heterocycles. The second-order valence-electron chi connectivity index (χ2n) is 5.63. The van der Waals surface area contributed by atoms with Crippen LogP contribution in [0.5, 0.6) is 0 Å². The molecule has 0 amide bonds. The summed E-state index contributed by atoms with van der Waals surface area (Å²) in [5.41, 5.74) is 0.862. The van der Waals surface area contributed by atoms with Crippen LogP contribution in [0, 0.1) is 11.8 Å². The van der Waals surface area contributed by atoms with E-state index in [0.717, 1.165) is 12.0 Å². The Hall–Kier alpha value is -0.113. The molecule has 0 spiro atoms. The first-order chi connectivity index (χ1) is 5.84. The lowest BCUT2D eigenvalue weighted by molar-refractivity contribution is -0.121. The topological polar surface area (TPSA) is 17.1 Å². The molecule has 0 aliphatic heterocycles. The van der Waals surface area contributed by atoms with Crippen LogP contribution in [-0.2, 0) is 4.79 Å². The summed E-state index contributed by atoms with van der Waals surface area (Å²) in [6.07, 6.45) is 2.44. The summed E-state index contributed by atoms with van der Waals surface area (Å²) in [6, 6.07) is 0. The molecular formula is C11H22OSi. The number of hydrogen-bond donors (Lipinski definition) is 0. The number of rotatable bonds is 2. The molecule has 1 aliphatic rings. The summed E-state index contributed by atoms with van der Waals surface area (Å²) in [7, 11) is -1.03. The molecule has 0 unspecified atom stereocenters. The lowest BCUT2D eigenvalue weighted by Gasteiger charge is -2.30. The summed E-state index contributed by atoms with van der Waals surface area (Å²) < 4.78 is 0. The van der Waals surface area contributed by atoms with E-state index in [1.54, 1.807) is 6.92 Å². The number of hydrogen-bond acceptors (Lipinski definition) is 1.